The average Bonchev–Trinajstić information content (AvgIpc) is 2.12. The van der Waals surface area contributed by atoms with Gasteiger partial charge in [0.1, 0.15) is 11.1 Å². The fourth-order valence-corrected chi connectivity index (χ4v) is 1.38. The van der Waals surface area contributed by atoms with Crippen LogP contribution in [0, 0.1) is 6.92 Å². The van der Waals surface area contributed by atoms with Gasteiger partial charge in [0.25, 0.3) is 5.56 Å². The van der Waals surface area contributed by atoms with Crippen molar-refractivity contribution < 1.29 is 17.0 Å². The highest BCUT2D eigenvalue weighted by Gasteiger charge is 2.13. The lowest BCUT2D eigenvalue weighted by Crippen LogP contribution is -3.00. The molecule has 0 aliphatic carbocycles. The van der Waals surface area contributed by atoms with E-state index < -0.39 is 0 Å². The Labute approximate surface area is 92.4 Å². The molecular formula is C9H11ClN4O. The first-order valence-electron chi connectivity index (χ1n) is 4.25. The van der Waals surface area contributed by atoms with Gasteiger partial charge in [-0.3, -0.25) is 9.78 Å². The molecule has 0 unspecified atom stereocenters. The zero-order valence-corrected chi connectivity index (χ0v) is 9.17. The van der Waals surface area contributed by atoms with Crippen LogP contribution in [0.4, 0.5) is 5.95 Å². The van der Waals surface area contributed by atoms with E-state index in [-0.39, 0.29) is 23.9 Å². The lowest BCUT2D eigenvalue weighted by Gasteiger charge is -1.98. The molecule has 2 aromatic heterocycles. The Kier molecular flexibility index (Phi) is 2.95. The maximum absolute atomic E-state index is 11.5. The van der Waals surface area contributed by atoms with Gasteiger partial charge in [0.05, 0.1) is 7.05 Å². The van der Waals surface area contributed by atoms with Gasteiger partial charge in [0, 0.05) is 0 Å². The summed E-state index contributed by atoms with van der Waals surface area (Å²) in [5.74, 6) is 0.142. The number of fused-ring (bicyclic) bond motifs is 1. The molecule has 2 heterocycles. The van der Waals surface area contributed by atoms with Crippen LogP contribution in [-0.2, 0) is 7.05 Å². The van der Waals surface area contributed by atoms with Crippen LogP contribution in [0.3, 0.4) is 0 Å². The number of hydrogen-bond acceptors (Lipinski definition) is 3. The fraction of sp³-hybridized carbons (Fsp3) is 0.222. The standard InChI is InChI=1S/C9H10N4O.ClH/c1-5-3-4-6-7(13(5)2)11-9(10)12-8(6)14;/h3-4H,1-2H3,(H2,10,12,14);1H. The average molecular weight is 227 g/mol. The zero-order chi connectivity index (χ0) is 10.3. The number of nitrogen functional groups attached to an aromatic ring is 1. The van der Waals surface area contributed by atoms with Crippen molar-refractivity contribution in [2.45, 2.75) is 6.92 Å². The Morgan fingerprint density at radius 3 is 2.80 bits per heavy atom. The molecule has 6 heteroatoms. The van der Waals surface area contributed by atoms with Crippen molar-refractivity contribution in [1.29, 1.82) is 0 Å². The van der Waals surface area contributed by atoms with Gasteiger partial charge in [-0.25, -0.2) is 4.57 Å². The van der Waals surface area contributed by atoms with Crippen LogP contribution in [0.25, 0.3) is 11.0 Å². The summed E-state index contributed by atoms with van der Waals surface area (Å²) in [5, 5.41) is 0.548. The molecule has 0 aromatic carbocycles. The van der Waals surface area contributed by atoms with E-state index in [0.717, 1.165) is 5.69 Å². The van der Waals surface area contributed by atoms with Crippen molar-refractivity contribution in [2.75, 3.05) is 5.73 Å². The number of rotatable bonds is 0. The van der Waals surface area contributed by atoms with Gasteiger partial charge in [-0.15, -0.1) is 0 Å². The second kappa shape index (κ2) is 3.86. The Balaban J connectivity index is 0.00000112. The normalized spacial score (nSPS) is 10.0. The number of nitrogens with zero attached hydrogens (tertiary/aromatic N) is 2. The maximum atomic E-state index is 11.5. The number of nitrogens with two attached hydrogens (primary N) is 1. The lowest BCUT2D eigenvalue weighted by atomic mass is 10.3. The number of pyridine rings is 1. The molecule has 0 saturated carbocycles. The molecule has 0 bridgehead atoms. The summed E-state index contributed by atoms with van der Waals surface area (Å²) in [6.07, 6.45) is 0. The zero-order valence-electron chi connectivity index (χ0n) is 8.41. The minimum absolute atomic E-state index is 0. The number of H-pyrrole nitrogens is 1. The van der Waals surface area contributed by atoms with Crippen LogP contribution < -0.4 is 28.3 Å². The third-order valence-corrected chi connectivity index (χ3v) is 2.29. The number of anilines is 1. The fourth-order valence-electron chi connectivity index (χ4n) is 1.38. The minimum Gasteiger partial charge on any atom is -1.00 e. The van der Waals surface area contributed by atoms with Crippen LogP contribution in [0.2, 0.25) is 0 Å². The number of hydrogen-bond donors (Lipinski definition) is 2. The monoisotopic (exact) mass is 226 g/mol. The third-order valence-electron chi connectivity index (χ3n) is 2.29. The van der Waals surface area contributed by atoms with E-state index in [9.17, 15) is 4.79 Å². The van der Waals surface area contributed by atoms with E-state index in [2.05, 4.69) is 9.97 Å². The number of aryl methyl sites for hydroxylation is 2. The van der Waals surface area contributed by atoms with Crippen LogP contribution in [0.1, 0.15) is 5.69 Å². The summed E-state index contributed by atoms with van der Waals surface area (Å²) in [5.41, 5.74) is 6.88. The smallest absolute Gasteiger partial charge is 0.340 e. The van der Waals surface area contributed by atoms with Crippen molar-refractivity contribution in [3.8, 4) is 0 Å². The lowest BCUT2D eigenvalue weighted by molar-refractivity contribution is -0.653. The molecular weight excluding hydrogens is 216 g/mol. The highest BCUT2D eigenvalue weighted by Crippen LogP contribution is 2.02. The van der Waals surface area contributed by atoms with Crippen molar-refractivity contribution in [2.24, 2.45) is 7.05 Å². The molecule has 80 valence electrons. The predicted molar refractivity (Wildman–Crippen MR) is 52.7 cm³/mol. The number of aromatic amines is 1. The van der Waals surface area contributed by atoms with Crippen molar-refractivity contribution in [1.82, 2.24) is 9.97 Å². The predicted octanol–water partition coefficient (Wildman–Crippen LogP) is -3.36. The third kappa shape index (κ3) is 1.78. The van der Waals surface area contributed by atoms with E-state index >= 15 is 0 Å². The van der Waals surface area contributed by atoms with Gasteiger partial charge in [-0.1, -0.05) is 0 Å². The molecule has 0 aliphatic heterocycles. The highest BCUT2D eigenvalue weighted by atomic mass is 35.5. The molecule has 0 amide bonds. The molecule has 2 aromatic rings. The summed E-state index contributed by atoms with van der Waals surface area (Å²) in [7, 11) is 1.85. The number of nitrogens with one attached hydrogen (secondary N) is 1. The van der Waals surface area contributed by atoms with Gasteiger partial charge < -0.3 is 18.1 Å². The van der Waals surface area contributed by atoms with Crippen LogP contribution in [0.5, 0.6) is 0 Å². The van der Waals surface area contributed by atoms with E-state index in [1.807, 2.05) is 24.6 Å². The second-order valence-corrected chi connectivity index (χ2v) is 3.22. The number of aromatic nitrogens is 3. The highest BCUT2D eigenvalue weighted by molar-refractivity contribution is 5.71. The van der Waals surface area contributed by atoms with E-state index in [1.54, 1.807) is 6.07 Å². The largest absolute Gasteiger partial charge is 1.00 e. The summed E-state index contributed by atoms with van der Waals surface area (Å²) in [6, 6.07) is 3.62. The van der Waals surface area contributed by atoms with Gasteiger partial charge in [-0.2, -0.15) is 0 Å². The molecule has 0 atom stereocenters. The summed E-state index contributed by atoms with van der Waals surface area (Å²) < 4.78 is 1.83. The van der Waals surface area contributed by atoms with Crippen molar-refractivity contribution in [3.63, 3.8) is 0 Å². The quantitative estimate of drug-likeness (QED) is 0.461. The molecule has 0 aliphatic rings. The first-order valence-corrected chi connectivity index (χ1v) is 4.25. The maximum Gasteiger partial charge on any atom is 0.340 e. The van der Waals surface area contributed by atoms with Crippen LogP contribution in [-0.4, -0.2) is 9.97 Å². The van der Waals surface area contributed by atoms with E-state index in [1.165, 1.54) is 0 Å². The van der Waals surface area contributed by atoms with Crippen LogP contribution in [0.15, 0.2) is 16.9 Å². The molecule has 0 saturated heterocycles. The first kappa shape index (κ1) is 11.5. The first-order chi connectivity index (χ1) is 6.59. The Bertz CT molecular complexity index is 564. The summed E-state index contributed by atoms with van der Waals surface area (Å²) in [4.78, 5) is 18.0. The van der Waals surface area contributed by atoms with Gasteiger partial charge in [-0.05, 0) is 24.0 Å². The topological polar surface area (TPSA) is 75.6 Å². The van der Waals surface area contributed by atoms with Gasteiger partial charge in [0.15, 0.2) is 0 Å². The van der Waals surface area contributed by atoms with Crippen molar-refractivity contribution in [3.05, 3.63) is 28.2 Å². The molecule has 0 radical (unpaired) electrons. The Morgan fingerprint density at radius 1 is 1.47 bits per heavy atom. The second-order valence-electron chi connectivity index (χ2n) is 3.22. The SMILES string of the molecule is Cc1ccc2c(=O)[nH]c(N)nc2[n+]1C.[Cl-]. The molecule has 2 rings (SSSR count). The van der Waals surface area contributed by atoms with Crippen molar-refractivity contribution >= 4 is 17.0 Å². The van der Waals surface area contributed by atoms with E-state index in [4.69, 9.17) is 5.73 Å². The van der Waals surface area contributed by atoms with Crippen LogP contribution >= 0.6 is 0 Å². The molecule has 0 spiro atoms. The Morgan fingerprint density at radius 2 is 2.13 bits per heavy atom. The summed E-state index contributed by atoms with van der Waals surface area (Å²) in [6.45, 7) is 1.94. The molecule has 0 fully saturated rings. The minimum atomic E-state index is -0.205. The molecule has 5 nitrogen and oxygen atoms in total. The summed E-state index contributed by atoms with van der Waals surface area (Å²) >= 11 is 0. The van der Waals surface area contributed by atoms with E-state index in [0.29, 0.717) is 11.0 Å². The molecule has 3 N–H and O–H groups in total. The Hall–Kier alpha value is -1.62. The van der Waals surface area contributed by atoms with Gasteiger partial charge >= 0.3 is 11.6 Å². The molecule has 15 heavy (non-hydrogen) atoms. The number of halogens is 1. The van der Waals surface area contributed by atoms with Gasteiger partial charge in [0.2, 0.25) is 0 Å².